The van der Waals surface area contributed by atoms with E-state index in [4.69, 9.17) is 11.6 Å². The van der Waals surface area contributed by atoms with Gasteiger partial charge in [0.1, 0.15) is 0 Å². The van der Waals surface area contributed by atoms with E-state index in [9.17, 15) is 13.2 Å². The summed E-state index contributed by atoms with van der Waals surface area (Å²) in [4.78, 5) is 14.3. The Morgan fingerprint density at radius 1 is 1.21 bits per heavy atom. The smallest absolute Gasteiger partial charge is 0.220 e. The molecule has 0 aromatic heterocycles. The number of carbonyl (C=O) groups excluding carboxylic acids is 1. The first-order valence-electron chi connectivity index (χ1n) is 8.39. The molecule has 2 heterocycles. The van der Waals surface area contributed by atoms with Crippen LogP contribution in [0, 0.1) is 11.8 Å². The van der Waals surface area contributed by atoms with Crippen LogP contribution in [0.4, 0.5) is 5.69 Å². The molecule has 0 bridgehead atoms. The summed E-state index contributed by atoms with van der Waals surface area (Å²) < 4.78 is 22.9. The van der Waals surface area contributed by atoms with Gasteiger partial charge in [-0.15, -0.1) is 0 Å². The fourth-order valence-corrected chi connectivity index (χ4v) is 5.50. The molecule has 132 valence electrons. The van der Waals surface area contributed by atoms with Crippen LogP contribution in [0.25, 0.3) is 0 Å². The summed E-state index contributed by atoms with van der Waals surface area (Å²) in [5.74, 6) is 0.779. The Labute approximate surface area is 148 Å². The molecule has 3 rings (SSSR count). The van der Waals surface area contributed by atoms with Crippen molar-refractivity contribution in [1.82, 2.24) is 5.32 Å². The highest BCUT2D eigenvalue weighted by Crippen LogP contribution is 2.25. The van der Waals surface area contributed by atoms with E-state index in [0.29, 0.717) is 25.3 Å². The van der Waals surface area contributed by atoms with E-state index in [1.165, 1.54) is 0 Å². The van der Waals surface area contributed by atoms with Gasteiger partial charge in [0, 0.05) is 36.8 Å². The van der Waals surface area contributed by atoms with Crippen LogP contribution in [-0.4, -0.2) is 45.5 Å². The summed E-state index contributed by atoms with van der Waals surface area (Å²) in [6, 6.07) is 7.82. The Hall–Kier alpha value is -1.27. The Balaban J connectivity index is 1.41. The maximum atomic E-state index is 12.0. The molecule has 0 saturated carbocycles. The van der Waals surface area contributed by atoms with Crippen LogP contribution >= 0.6 is 11.6 Å². The number of amides is 1. The maximum Gasteiger partial charge on any atom is 0.220 e. The van der Waals surface area contributed by atoms with Crippen molar-refractivity contribution in [3.05, 3.63) is 29.3 Å². The van der Waals surface area contributed by atoms with Crippen LogP contribution in [0.5, 0.6) is 0 Å². The molecule has 2 aliphatic heterocycles. The number of anilines is 1. The Morgan fingerprint density at radius 2 is 1.96 bits per heavy atom. The number of nitrogens with one attached hydrogen (secondary N) is 1. The number of halogens is 1. The molecule has 1 amide bonds. The molecule has 2 unspecified atom stereocenters. The third-order valence-electron chi connectivity index (χ3n) is 4.87. The van der Waals surface area contributed by atoms with Crippen LogP contribution < -0.4 is 10.2 Å². The molecule has 0 spiro atoms. The minimum absolute atomic E-state index is 0.0101. The second kappa shape index (κ2) is 7.31. The van der Waals surface area contributed by atoms with Crippen molar-refractivity contribution in [2.24, 2.45) is 11.8 Å². The number of hydrogen-bond acceptors (Lipinski definition) is 4. The van der Waals surface area contributed by atoms with Crippen molar-refractivity contribution in [1.29, 1.82) is 0 Å². The van der Waals surface area contributed by atoms with Gasteiger partial charge in [0.2, 0.25) is 5.91 Å². The molecule has 2 aliphatic rings. The standard InChI is InChI=1S/C17H23ClN2O3S/c18-15-1-3-16(4-2-15)20-7-5-14(11-20)10-19-17(21)9-13-6-8-24(22,23)12-13/h1-4,13-14H,5-12H2,(H,19,21). The quantitative estimate of drug-likeness (QED) is 0.862. The number of nitrogens with zero attached hydrogens (tertiary/aromatic N) is 1. The highest BCUT2D eigenvalue weighted by molar-refractivity contribution is 7.91. The lowest BCUT2D eigenvalue weighted by atomic mass is 10.0. The minimum atomic E-state index is -2.91. The lowest BCUT2D eigenvalue weighted by Gasteiger charge is -2.19. The second-order valence-electron chi connectivity index (χ2n) is 6.85. The summed E-state index contributed by atoms with van der Waals surface area (Å²) in [7, 11) is -2.91. The van der Waals surface area contributed by atoms with Crippen LogP contribution in [0.1, 0.15) is 19.3 Å². The molecule has 2 atom stereocenters. The average Bonchev–Trinajstić information content (AvgIpc) is 3.12. The van der Waals surface area contributed by atoms with Gasteiger partial charge in [-0.25, -0.2) is 8.42 Å². The third kappa shape index (κ3) is 4.63. The summed E-state index contributed by atoms with van der Waals surface area (Å²) >= 11 is 5.92. The van der Waals surface area contributed by atoms with Crippen LogP contribution in [-0.2, 0) is 14.6 Å². The topological polar surface area (TPSA) is 66.5 Å². The van der Waals surface area contributed by atoms with Gasteiger partial charge >= 0.3 is 0 Å². The van der Waals surface area contributed by atoms with E-state index in [1.807, 2.05) is 24.3 Å². The number of rotatable bonds is 5. The second-order valence-corrected chi connectivity index (χ2v) is 9.52. The van der Waals surface area contributed by atoms with E-state index in [-0.39, 0.29) is 23.3 Å². The molecule has 24 heavy (non-hydrogen) atoms. The van der Waals surface area contributed by atoms with E-state index in [1.54, 1.807) is 0 Å². The molecular formula is C17H23ClN2O3S. The van der Waals surface area contributed by atoms with Crippen molar-refractivity contribution in [2.45, 2.75) is 19.3 Å². The number of sulfone groups is 1. The fraction of sp³-hybridized carbons (Fsp3) is 0.588. The first kappa shape index (κ1) is 17.5. The highest BCUT2D eigenvalue weighted by atomic mass is 35.5. The molecule has 7 heteroatoms. The maximum absolute atomic E-state index is 12.0. The zero-order valence-electron chi connectivity index (χ0n) is 13.6. The largest absolute Gasteiger partial charge is 0.371 e. The zero-order valence-corrected chi connectivity index (χ0v) is 15.2. The van der Waals surface area contributed by atoms with E-state index in [0.717, 1.165) is 30.2 Å². The van der Waals surface area contributed by atoms with Gasteiger partial charge in [-0.3, -0.25) is 4.79 Å². The Bertz CT molecular complexity index is 690. The first-order valence-corrected chi connectivity index (χ1v) is 10.6. The van der Waals surface area contributed by atoms with Crippen LogP contribution in [0.2, 0.25) is 5.02 Å². The Morgan fingerprint density at radius 3 is 2.62 bits per heavy atom. The molecule has 1 N–H and O–H groups in total. The number of hydrogen-bond donors (Lipinski definition) is 1. The first-order chi connectivity index (χ1) is 11.4. The van der Waals surface area contributed by atoms with Crippen molar-refractivity contribution in [3.63, 3.8) is 0 Å². The van der Waals surface area contributed by atoms with Crippen molar-refractivity contribution in [2.75, 3.05) is 36.0 Å². The van der Waals surface area contributed by atoms with Gasteiger partial charge < -0.3 is 10.2 Å². The van der Waals surface area contributed by atoms with Gasteiger partial charge in [-0.2, -0.15) is 0 Å². The monoisotopic (exact) mass is 370 g/mol. The lowest BCUT2D eigenvalue weighted by Crippen LogP contribution is -2.32. The normalized spacial score (nSPS) is 25.8. The minimum Gasteiger partial charge on any atom is -0.371 e. The van der Waals surface area contributed by atoms with E-state index >= 15 is 0 Å². The molecule has 5 nitrogen and oxygen atoms in total. The molecule has 0 radical (unpaired) electrons. The Kier molecular flexibility index (Phi) is 5.35. The van der Waals surface area contributed by atoms with Gasteiger partial charge in [-0.1, -0.05) is 11.6 Å². The van der Waals surface area contributed by atoms with Gasteiger partial charge in [0.05, 0.1) is 11.5 Å². The molecule has 1 aromatic rings. The lowest BCUT2D eigenvalue weighted by molar-refractivity contribution is -0.122. The highest BCUT2D eigenvalue weighted by Gasteiger charge is 2.30. The molecule has 2 saturated heterocycles. The predicted octanol–water partition coefficient (Wildman–Crippen LogP) is 2.11. The third-order valence-corrected chi connectivity index (χ3v) is 6.96. The average molecular weight is 371 g/mol. The fourth-order valence-electron chi connectivity index (χ4n) is 3.51. The van der Waals surface area contributed by atoms with Crippen molar-refractivity contribution in [3.8, 4) is 0 Å². The summed E-state index contributed by atoms with van der Waals surface area (Å²) in [6.07, 6.45) is 1.98. The molecule has 1 aromatic carbocycles. The molecular weight excluding hydrogens is 348 g/mol. The van der Waals surface area contributed by atoms with Gasteiger partial charge in [0.25, 0.3) is 0 Å². The SMILES string of the molecule is O=C(CC1CCS(=O)(=O)C1)NCC1CCN(c2ccc(Cl)cc2)C1. The number of benzene rings is 1. The summed E-state index contributed by atoms with van der Waals surface area (Å²) in [6.45, 7) is 2.55. The predicted molar refractivity (Wildman–Crippen MR) is 96.2 cm³/mol. The zero-order chi connectivity index (χ0) is 17.2. The van der Waals surface area contributed by atoms with Gasteiger partial charge in [-0.05, 0) is 48.9 Å². The van der Waals surface area contributed by atoms with Crippen LogP contribution in [0.3, 0.4) is 0 Å². The summed E-state index contributed by atoms with van der Waals surface area (Å²) in [5, 5.41) is 3.71. The number of carbonyl (C=O) groups is 1. The van der Waals surface area contributed by atoms with Crippen molar-refractivity contribution >= 4 is 33.0 Å². The van der Waals surface area contributed by atoms with Crippen molar-refractivity contribution < 1.29 is 13.2 Å². The van der Waals surface area contributed by atoms with Gasteiger partial charge in [0.15, 0.2) is 9.84 Å². The molecule has 2 fully saturated rings. The van der Waals surface area contributed by atoms with E-state index < -0.39 is 9.84 Å². The van der Waals surface area contributed by atoms with Crippen LogP contribution in [0.15, 0.2) is 24.3 Å². The molecule has 0 aliphatic carbocycles. The summed E-state index contributed by atoms with van der Waals surface area (Å²) in [5.41, 5.74) is 1.16. The van der Waals surface area contributed by atoms with E-state index in [2.05, 4.69) is 10.2 Å².